The largest absolute Gasteiger partial charge is 0.480 e. The molecule has 1 aromatic rings. The van der Waals surface area contributed by atoms with E-state index in [9.17, 15) is 14.7 Å². The number of benzene rings is 1. The molecule has 1 amide bonds. The van der Waals surface area contributed by atoms with Crippen molar-refractivity contribution in [3.63, 3.8) is 0 Å². The van der Waals surface area contributed by atoms with Gasteiger partial charge in [-0.25, -0.2) is 9.59 Å². The van der Waals surface area contributed by atoms with Crippen molar-refractivity contribution in [3.05, 3.63) is 35.9 Å². The molecule has 0 bridgehead atoms. The minimum absolute atomic E-state index is 0.131. The Hall–Kier alpha value is -2.08. The van der Waals surface area contributed by atoms with Crippen LogP contribution in [-0.4, -0.2) is 47.4 Å². The first-order valence-electron chi connectivity index (χ1n) is 10.9. The number of likely N-dealkylation sites (tertiary alicyclic amines) is 1. The minimum Gasteiger partial charge on any atom is -0.480 e. The molecule has 0 spiro atoms. The molecule has 0 unspecified atom stereocenters. The first-order valence-corrected chi connectivity index (χ1v) is 10.9. The molecule has 0 aromatic heterocycles. The number of hydrogen-bond donors (Lipinski definition) is 1. The Balaban J connectivity index is 1.67. The predicted octanol–water partition coefficient (Wildman–Crippen LogP) is 5.01. The van der Waals surface area contributed by atoms with E-state index in [1.807, 2.05) is 30.3 Å². The monoisotopic (exact) mass is 405 g/mol. The molecule has 29 heavy (non-hydrogen) atoms. The van der Waals surface area contributed by atoms with Crippen LogP contribution in [-0.2, 0) is 20.9 Å². The Morgan fingerprint density at radius 2 is 1.69 bits per heavy atom. The number of nitrogens with zero attached hydrogens (tertiary/aromatic N) is 1. The molecule has 0 radical (unpaired) electrons. The van der Waals surface area contributed by atoms with Crippen molar-refractivity contribution in [2.75, 3.05) is 13.2 Å². The van der Waals surface area contributed by atoms with Crippen LogP contribution < -0.4 is 0 Å². The van der Waals surface area contributed by atoms with Crippen molar-refractivity contribution >= 4 is 12.1 Å². The second-order valence-electron chi connectivity index (χ2n) is 7.75. The molecule has 162 valence electrons. The lowest BCUT2D eigenvalue weighted by Crippen LogP contribution is -2.40. The molecule has 1 aliphatic heterocycles. The van der Waals surface area contributed by atoms with Gasteiger partial charge in [0.05, 0.1) is 12.6 Å². The molecule has 0 aliphatic carbocycles. The van der Waals surface area contributed by atoms with Crippen LogP contribution in [0.15, 0.2) is 30.3 Å². The fraction of sp³-hybridized carbons (Fsp3) is 0.652. The number of ether oxygens (including phenoxy) is 2. The maximum atomic E-state index is 12.4. The SMILES string of the molecule is CCCCCCCCCCO[C@@H]1C[C@@H](C(=O)O)N(C(=O)OCc2ccccc2)C1. The molecule has 2 atom stereocenters. The zero-order valence-corrected chi connectivity index (χ0v) is 17.6. The zero-order chi connectivity index (χ0) is 20.9. The Morgan fingerprint density at radius 3 is 2.34 bits per heavy atom. The zero-order valence-electron chi connectivity index (χ0n) is 17.6. The predicted molar refractivity (Wildman–Crippen MR) is 112 cm³/mol. The molecule has 0 saturated carbocycles. The molecular formula is C23H35NO5. The first kappa shape index (κ1) is 23.2. The Morgan fingerprint density at radius 1 is 1.03 bits per heavy atom. The topological polar surface area (TPSA) is 76.1 Å². The van der Waals surface area contributed by atoms with Crippen molar-refractivity contribution in [3.8, 4) is 0 Å². The molecule has 1 N–H and O–H groups in total. The molecule has 6 heteroatoms. The summed E-state index contributed by atoms with van der Waals surface area (Å²) < 4.78 is 11.2. The van der Waals surface area contributed by atoms with Gasteiger partial charge in [0.15, 0.2) is 0 Å². The molecule has 1 aromatic carbocycles. The lowest BCUT2D eigenvalue weighted by molar-refractivity contribution is -0.141. The van der Waals surface area contributed by atoms with E-state index < -0.39 is 18.1 Å². The molecule has 6 nitrogen and oxygen atoms in total. The van der Waals surface area contributed by atoms with E-state index in [1.54, 1.807) is 0 Å². The maximum Gasteiger partial charge on any atom is 0.410 e. The smallest absolute Gasteiger partial charge is 0.410 e. The Kier molecular flexibility index (Phi) is 10.6. The standard InChI is InChI=1S/C23H35NO5/c1-2-3-4-5-6-7-8-12-15-28-20-16-21(22(25)26)24(17-20)23(27)29-18-19-13-10-9-11-14-19/h9-11,13-14,20-21H,2-8,12,15-18H2,1H3,(H,25,26)/t20-,21+/m1/s1. The van der Waals surface area contributed by atoms with Crippen LogP contribution in [0.2, 0.25) is 0 Å². The van der Waals surface area contributed by atoms with Gasteiger partial charge < -0.3 is 14.6 Å². The lowest BCUT2D eigenvalue weighted by atomic mass is 10.1. The Labute approximate surface area is 174 Å². The summed E-state index contributed by atoms with van der Waals surface area (Å²) >= 11 is 0. The van der Waals surface area contributed by atoms with Gasteiger partial charge in [-0.05, 0) is 12.0 Å². The number of aliphatic carboxylic acids is 1. The number of carboxylic acids is 1. The summed E-state index contributed by atoms with van der Waals surface area (Å²) in [5.41, 5.74) is 0.870. The highest BCUT2D eigenvalue weighted by Gasteiger charge is 2.41. The molecule has 1 fully saturated rings. The summed E-state index contributed by atoms with van der Waals surface area (Å²) in [6.45, 7) is 3.23. The first-order chi connectivity index (χ1) is 14.1. The van der Waals surface area contributed by atoms with Gasteiger partial charge in [-0.2, -0.15) is 0 Å². The normalized spacial score (nSPS) is 18.7. The number of amides is 1. The van der Waals surface area contributed by atoms with Gasteiger partial charge >= 0.3 is 12.1 Å². The van der Waals surface area contributed by atoms with Crippen molar-refractivity contribution < 1.29 is 24.2 Å². The van der Waals surface area contributed by atoms with Crippen molar-refractivity contribution in [1.82, 2.24) is 4.90 Å². The van der Waals surface area contributed by atoms with Crippen LogP contribution in [0.3, 0.4) is 0 Å². The van der Waals surface area contributed by atoms with Crippen molar-refractivity contribution in [2.45, 2.75) is 83.5 Å². The van der Waals surface area contributed by atoms with Crippen LogP contribution >= 0.6 is 0 Å². The van der Waals surface area contributed by atoms with Gasteiger partial charge in [0.25, 0.3) is 0 Å². The van der Waals surface area contributed by atoms with Crippen molar-refractivity contribution in [2.24, 2.45) is 0 Å². The summed E-state index contributed by atoms with van der Waals surface area (Å²) in [6, 6.07) is 8.47. The third kappa shape index (κ3) is 8.44. The van der Waals surface area contributed by atoms with Gasteiger partial charge in [-0.15, -0.1) is 0 Å². The molecule has 2 rings (SSSR count). The molecular weight excluding hydrogens is 370 g/mol. The minimum atomic E-state index is -1.01. The molecule has 1 saturated heterocycles. The van der Waals surface area contributed by atoms with Crippen LogP contribution in [0.5, 0.6) is 0 Å². The number of carboxylic acid groups (broad SMARTS) is 1. The number of hydrogen-bond acceptors (Lipinski definition) is 4. The van der Waals surface area contributed by atoms with Crippen LogP contribution in [0, 0.1) is 0 Å². The third-order valence-corrected chi connectivity index (χ3v) is 5.34. The quantitative estimate of drug-likeness (QED) is 0.467. The number of rotatable bonds is 13. The van der Waals surface area contributed by atoms with E-state index in [0.29, 0.717) is 13.0 Å². The van der Waals surface area contributed by atoms with E-state index in [0.717, 1.165) is 18.4 Å². The van der Waals surface area contributed by atoms with Crippen LogP contribution in [0.4, 0.5) is 4.79 Å². The van der Waals surface area contributed by atoms with E-state index in [-0.39, 0.29) is 19.3 Å². The van der Waals surface area contributed by atoms with Crippen molar-refractivity contribution in [1.29, 1.82) is 0 Å². The van der Waals surface area contributed by atoms with E-state index in [1.165, 1.54) is 43.4 Å². The second kappa shape index (κ2) is 13.2. The number of carbonyl (C=O) groups excluding carboxylic acids is 1. The highest BCUT2D eigenvalue weighted by atomic mass is 16.6. The van der Waals surface area contributed by atoms with Gasteiger partial charge in [0, 0.05) is 13.0 Å². The summed E-state index contributed by atoms with van der Waals surface area (Å²) in [5.74, 6) is -1.01. The average Bonchev–Trinajstić information content (AvgIpc) is 3.16. The molecule has 1 heterocycles. The fourth-order valence-corrected chi connectivity index (χ4v) is 3.64. The van der Waals surface area contributed by atoms with Gasteiger partial charge in [-0.1, -0.05) is 82.2 Å². The summed E-state index contributed by atoms with van der Waals surface area (Å²) in [6.07, 6.45) is 9.27. The van der Waals surface area contributed by atoms with Gasteiger partial charge in [0.1, 0.15) is 12.6 Å². The van der Waals surface area contributed by atoms with Gasteiger partial charge in [-0.3, -0.25) is 4.90 Å². The van der Waals surface area contributed by atoms with E-state index in [2.05, 4.69) is 6.92 Å². The van der Waals surface area contributed by atoms with Gasteiger partial charge in [0.2, 0.25) is 0 Å². The highest BCUT2D eigenvalue weighted by molar-refractivity contribution is 5.80. The van der Waals surface area contributed by atoms with Crippen LogP contribution in [0.1, 0.15) is 70.3 Å². The summed E-state index contributed by atoms with van der Waals surface area (Å²) in [5, 5.41) is 9.46. The van der Waals surface area contributed by atoms with Crippen LogP contribution in [0.25, 0.3) is 0 Å². The molecule has 1 aliphatic rings. The lowest BCUT2D eigenvalue weighted by Gasteiger charge is -2.20. The third-order valence-electron chi connectivity index (χ3n) is 5.34. The summed E-state index contributed by atoms with van der Waals surface area (Å²) in [7, 11) is 0. The highest BCUT2D eigenvalue weighted by Crippen LogP contribution is 2.22. The average molecular weight is 406 g/mol. The van der Waals surface area contributed by atoms with E-state index in [4.69, 9.17) is 9.47 Å². The number of unbranched alkanes of at least 4 members (excludes halogenated alkanes) is 7. The fourth-order valence-electron chi connectivity index (χ4n) is 3.64. The second-order valence-corrected chi connectivity index (χ2v) is 7.75. The Bertz CT molecular complexity index is 607. The maximum absolute atomic E-state index is 12.4. The number of carbonyl (C=O) groups is 2. The summed E-state index contributed by atoms with van der Waals surface area (Å²) in [4.78, 5) is 25.2. The van der Waals surface area contributed by atoms with E-state index >= 15 is 0 Å².